The topological polar surface area (TPSA) is 88.5 Å². The summed E-state index contributed by atoms with van der Waals surface area (Å²) < 4.78 is 10.2. The van der Waals surface area contributed by atoms with Crippen LogP contribution in [0.25, 0.3) is 11.5 Å². The average molecular weight is 278 g/mol. The number of amides is 1. The zero-order valence-electron chi connectivity index (χ0n) is 11.5. The SMILES string of the molecule is CCCC(C)(O)CNC(=O)c1cc(-c2ccco2)on1. The fourth-order valence-corrected chi connectivity index (χ4v) is 1.91. The van der Waals surface area contributed by atoms with Gasteiger partial charge in [-0.1, -0.05) is 18.5 Å². The second-order valence-electron chi connectivity index (χ2n) is 4.98. The number of carbonyl (C=O) groups is 1. The maximum Gasteiger partial charge on any atom is 0.273 e. The molecule has 0 aliphatic heterocycles. The lowest BCUT2D eigenvalue weighted by Gasteiger charge is -2.22. The number of nitrogens with one attached hydrogen (secondary N) is 1. The second kappa shape index (κ2) is 5.92. The van der Waals surface area contributed by atoms with Crippen LogP contribution in [0.3, 0.4) is 0 Å². The van der Waals surface area contributed by atoms with E-state index < -0.39 is 5.60 Å². The molecule has 1 amide bonds. The number of aromatic nitrogens is 1. The molecule has 0 aliphatic rings. The lowest BCUT2D eigenvalue weighted by molar-refractivity contribution is 0.0467. The Kier molecular flexibility index (Phi) is 4.24. The molecule has 0 fully saturated rings. The smallest absolute Gasteiger partial charge is 0.273 e. The number of furan rings is 1. The van der Waals surface area contributed by atoms with Crippen LogP contribution in [0.15, 0.2) is 33.4 Å². The van der Waals surface area contributed by atoms with Gasteiger partial charge in [-0.2, -0.15) is 0 Å². The molecule has 0 bridgehead atoms. The van der Waals surface area contributed by atoms with Crippen molar-refractivity contribution < 1.29 is 18.8 Å². The van der Waals surface area contributed by atoms with Crippen LogP contribution in [0.5, 0.6) is 0 Å². The number of hydrogen-bond acceptors (Lipinski definition) is 5. The van der Waals surface area contributed by atoms with Crippen LogP contribution in [0.2, 0.25) is 0 Å². The Morgan fingerprint density at radius 2 is 2.30 bits per heavy atom. The highest BCUT2D eigenvalue weighted by molar-refractivity contribution is 5.92. The molecule has 0 saturated heterocycles. The molecule has 2 N–H and O–H groups in total. The van der Waals surface area contributed by atoms with Gasteiger partial charge in [0.1, 0.15) is 0 Å². The molecule has 2 aromatic rings. The van der Waals surface area contributed by atoms with Crippen LogP contribution < -0.4 is 5.32 Å². The molecule has 1 unspecified atom stereocenters. The first-order valence-electron chi connectivity index (χ1n) is 6.53. The Bertz CT molecular complexity index is 558. The van der Waals surface area contributed by atoms with Crippen molar-refractivity contribution >= 4 is 5.91 Å². The number of carbonyl (C=O) groups excluding carboxylic acids is 1. The Balaban J connectivity index is 1.97. The zero-order valence-corrected chi connectivity index (χ0v) is 11.5. The Hall–Kier alpha value is -2.08. The highest BCUT2D eigenvalue weighted by atomic mass is 16.5. The molecule has 6 heteroatoms. The average Bonchev–Trinajstić information content (AvgIpc) is 3.06. The van der Waals surface area contributed by atoms with E-state index in [0.29, 0.717) is 17.9 Å². The summed E-state index contributed by atoms with van der Waals surface area (Å²) in [6.07, 6.45) is 2.97. The molecule has 1 atom stereocenters. The fourth-order valence-electron chi connectivity index (χ4n) is 1.91. The van der Waals surface area contributed by atoms with E-state index in [9.17, 15) is 9.90 Å². The van der Waals surface area contributed by atoms with E-state index >= 15 is 0 Å². The van der Waals surface area contributed by atoms with Crippen molar-refractivity contribution in [2.45, 2.75) is 32.3 Å². The molecule has 6 nitrogen and oxygen atoms in total. The van der Waals surface area contributed by atoms with E-state index in [2.05, 4.69) is 10.5 Å². The molecular weight excluding hydrogens is 260 g/mol. The van der Waals surface area contributed by atoms with Crippen LogP contribution in [0.1, 0.15) is 37.2 Å². The van der Waals surface area contributed by atoms with E-state index in [0.717, 1.165) is 6.42 Å². The molecule has 0 aromatic carbocycles. The fraction of sp³-hybridized carbons (Fsp3) is 0.429. The molecule has 108 valence electrons. The third kappa shape index (κ3) is 3.48. The van der Waals surface area contributed by atoms with E-state index in [1.807, 2.05) is 6.92 Å². The van der Waals surface area contributed by atoms with Gasteiger partial charge in [-0.15, -0.1) is 0 Å². The van der Waals surface area contributed by atoms with Crippen molar-refractivity contribution in [1.82, 2.24) is 10.5 Å². The van der Waals surface area contributed by atoms with E-state index in [-0.39, 0.29) is 18.1 Å². The van der Waals surface area contributed by atoms with Crippen LogP contribution >= 0.6 is 0 Å². The number of nitrogens with zero attached hydrogens (tertiary/aromatic N) is 1. The summed E-state index contributed by atoms with van der Waals surface area (Å²) in [4.78, 5) is 11.9. The van der Waals surface area contributed by atoms with Crippen molar-refractivity contribution in [1.29, 1.82) is 0 Å². The zero-order chi connectivity index (χ0) is 14.6. The van der Waals surface area contributed by atoms with Gasteiger partial charge in [0.2, 0.25) is 5.76 Å². The van der Waals surface area contributed by atoms with Crippen LogP contribution in [-0.2, 0) is 0 Å². The normalized spacial score (nSPS) is 13.9. The van der Waals surface area contributed by atoms with Gasteiger partial charge in [-0.05, 0) is 25.5 Å². The van der Waals surface area contributed by atoms with Gasteiger partial charge in [-0.25, -0.2) is 0 Å². The second-order valence-corrected chi connectivity index (χ2v) is 4.98. The van der Waals surface area contributed by atoms with Crippen molar-refractivity contribution in [3.63, 3.8) is 0 Å². The van der Waals surface area contributed by atoms with Crippen molar-refractivity contribution in [3.8, 4) is 11.5 Å². The molecule has 2 rings (SSSR count). The van der Waals surface area contributed by atoms with Crippen molar-refractivity contribution in [2.24, 2.45) is 0 Å². The van der Waals surface area contributed by atoms with Gasteiger partial charge in [0.15, 0.2) is 11.5 Å². The Morgan fingerprint density at radius 1 is 1.50 bits per heavy atom. The minimum Gasteiger partial charge on any atom is -0.461 e. The lowest BCUT2D eigenvalue weighted by atomic mass is 10.0. The van der Waals surface area contributed by atoms with E-state index in [4.69, 9.17) is 8.94 Å². The molecule has 0 spiro atoms. The summed E-state index contributed by atoms with van der Waals surface area (Å²) in [5.41, 5.74) is -0.762. The standard InChI is InChI=1S/C14H18N2O4/c1-3-6-14(2,18)9-15-13(17)10-8-12(20-16-10)11-5-4-7-19-11/h4-5,7-8,18H,3,6,9H2,1-2H3,(H,15,17). The van der Waals surface area contributed by atoms with Crippen molar-refractivity contribution in [3.05, 3.63) is 30.2 Å². The number of rotatable bonds is 6. The van der Waals surface area contributed by atoms with Crippen LogP contribution in [0, 0.1) is 0 Å². The first kappa shape index (κ1) is 14.3. The van der Waals surface area contributed by atoms with E-state index in [1.165, 1.54) is 12.3 Å². The molecule has 20 heavy (non-hydrogen) atoms. The summed E-state index contributed by atoms with van der Waals surface area (Å²) in [7, 11) is 0. The summed E-state index contributed by atoms with van der Waals surface area (Å²) in [6, 6.07) is 4.94. The number of hydrogen-bond donors (Lipinski definition) is 2. The molecule has 2 aromatic heterocycles. The third-order valence-corrected chi connectivity index (χ3v) is 2.93. The Morgan fingerprint density at radius 3 is 2.95 bits per heavy atom. The maximum atomic E-state index is 11.9. The molecule has 0 radical (unpaired) electrons. The molecule has 2 heterocycles. The first-order chi connectivity index (χ1) is 9.52. The predicted octanol–water partition coefficient (Wildman–Crippen LogP) is 2.22. The minimum absolute atomic E-state index is 0.156. The third-order valence-electron chi connectivity index (χ3n) is 2.93. The van der Waals surface area contributed by atoms with Gasteiger partial charge >= 0.3 is 0 Å². The van der Waals surface area contributed by atoms with Gasteiger partial charge in [0, 0.05) is 12.6 Å². The highest BCUT2D eigenvalue weighted by Gasteiger charge is 2.22. The van der Waals surface area contributed by atoms with Gasteiger partial charge < -0.3 is 19.4 Å². The lowest BCUT2D eigenvalue weighted by Crippen LogP contribution is -2.40. The number of aliphatic hydroxyl groups is 1. The quantitative estimate of drug-likeness (QED) is 0.845. The van der Waals surface area contributed by atoms with Gasteiger partial charge in [0.25, 0.3) is 5.91 Å². The molecule has 0 aliphatic carbocycles. The highest BCUT2D eigenvalue weighted by Crippen LogP contribution is 2.20. The summed E-state index contributed by atoms with van der Waals surface area (Å²) in [6.45, 7) is 3.83. The summed E-state index contributed by atoms with van der Waals surface area (Å²) >= 11 is 0. The maximum absolute atomic E-state index is 11.9. The van der Waals surface area contributed by atoms with Gasteiger partial charge in [-0.3, -0.25) is 4.79 Å². The predicted molar refractivity (Wildman–Crippen MR) is 72.1 cm³/mol. The molecular formula is C14H18N2O4. The Labute approximate surface area is 116 Å². The van der Waals surface area contributed by atoms with Crippen LogP contribution in [-0.4, -0.2) is 28.3 Å². The monoisotopic (exact) mass is 278 g/mol. The van der Waals surface area contributed by atoms with Gasteiger partial charge in [0.05, 0.1) is 11.9 Å². The molecule has 0 saturated carbocycles. The largest absolute Gasteiger partial charge is 0.461 e. The summed E-state index contributed by atoms with van der Waals surface area (Å²) in [5.74, 6) is 0.512. The van der Waals surface area contributed by atoms with Crippen molar-refractivity contribution in [2.75, 3.05) is 6.54 Å². The van der Waals surface area contributed by atoms with E-state index in [1.54, 1.807) is 19.1 Å². The minimum atomic E-state index is -0.919. The van der Waals surface area contributed by atoms with Crippen LogP contribution in [0.4, 0.5) is 0 Å². The first-order valence-corrected chi connectivity index (χ1v) is 6.53. The summed E-state index contributed by atoms with van der Waals surface area (Å²) in [5, 5.41) is 16.3.